The highest BCUT2D eigenvalue weighted by Crippen LogP contribution is 2.27. The van der Waals surface area contributed by atoms with Gasteiger partial charge in [0, 0.05) is 44.0 Å². The summed E-state index contributed by atoms with van der Waals surface area (Å²) in [5, 5.41) is 4.46. The second-order valence-electron chi connectivity index (χ2n) is 5.87. The molecule has 2 N–H and O–H groups in total. The van der Waals surface area contributed by atoms with E-state index in [9.17, 15) is 4.79 Å². The Morgan fingerprint density at radius 1 is 1.33 bits per heavy atom. The van der Waals surface area contributed by atoms with Gasteiger partial charge < -0.3 is 15.2 Å². The Bertz CT molecular complexity index is 644. The summed E-state index contributed by atoms with van der Waals surface area (Å²) >= 11 is 0. The largest absolute Gasteiger partial charge is 0.346 e. The van der Waals surface area contributed by atoms with Crippen LogP contribution >= 0.6 is 12.4 Å². The number of fused-ring (bicyclic) bond motifs is 2. The molecule has 4 rings (SSSR count). The zero-order valence-corrected chi connectivity index (χ0v) is 12.5. The van der Waals surface area contributed by atoms with Crippen LogP contribution in [0.15, 0.2) is 24.5 Å². The fourth-order valence-corrected chi connectivity index (χ4v) is 3.49. The quantitative estimate of drug-likeness (QED) is 0.876. The topological polar surface area (TPSA) is 61.0 Å². The molecule has 2 saturated heterocycles. The van der Waals surface area contributed by atoms with Crippen molar-refractivity contribution < 1.29 is 4.79 Å². The normalized spacial score (nSPS) is 24.1. The van der Waals surface area contributed by atoms with E-state index in [0.717, 1.165) is 42.8 Å². The molecule has 0 bridgehead atoms. The molecule has 2 aromatic rings. The molecule has 112 valence electrons. The smallest absolute Gasteiger partial charge is 0.227 e. The van der Waals surface area contributed by atoms with Crippen molar-refractivity contribution in [3.8, 4) is 0 Å². The molecule has 0 saturated carbocycles. The fraction of sp³-hybridized carbons (Fsp3) is 0.467. The highest BCUT2D eigenvalue weighted by molar-refractivity contribution is 5.87. The number of likely N-dealkylation sites (tertiary alicyclic amines) is 1. The number of carbonyl (C=O) groups is 1. The first-order chi connectivity index (χ1) is 9.81. The molecule has 1 amide bonds. The first-order valence-electron chi connectivity index (χ1n) is 7.21. The maximum Gasteiger partial charge on any atom is 0.227 e. The van der Waals surface area contributed by atoms with Crippen LogP contribution in [0.3, 0.4) is 0 Å². The van der Waals surface area contributed by atoms with E-state index in [0.29, 0.717) is 18.3 Å². The van der Waals surface area contributed by atoms with Crippen molar-refractivity contribution >= 4 is 29.3 Å². The number of amides is 1. The van der Waals surface area contributed by atoms with Crippen LogP contribution in [-0.2, 0) is 11.2 Å². The van der Waals surface area contributed by atoms with Crippen LogP contribution in [0.5, 0.6) is 0 Å². The van der Waals surface area contributed by atoms with Crippen molar-refractivity contribution in [3.05, 3.63) is 30.1 Å². The lowest BCUT2D eigenvalue weighted by Gasteiger charge is -2.17. The number of nitrogens with one attached hydrogen (secondary N) is 2. The maximum atomic E-state index is 12.5. The van der Waals surface area contributed by atoms with Gasteiger partial charge in [0.05, 0.1) is 6.42 Å². The van der Waals surface area contributed by atoms with Gasteiger partial charge in [-0.05, 0) is 29.5 Å². The Morgan fingerprint density at radius 3 is 2.86 bits per heavy atom. The number of aromatic nitrogens is 2. The van der Waals surface area contributed by atoms with Crippen molar-refractivity contribution in [2.45, 2.75) is 6.42 Å². The lowest BCUT2D eigenvalue weighted by molar-refractivity contribution is -0.129. The SMILES string of the molecule is Cl.O=C(Cc1c[nH]c2ncccc12)N1C[C@H]2CNC[C@H]2C1. The molecule has 6 heteroatoms. The second-order valence-corrected chi connectivity index (χ2v) is 5.87. The average molecular weight is 307 g/mol. The molecule has 0 unspecified atom stereocenters. The van der Waals surface area contributed by atoms with Crippen LogP contribution in [0.4, 0.5) is 0 Å². The summed E-state index contributed by atoms with van der Waals surface area (Å²) in [5.41, 5.74) is 1.91. The van der Waals surface area contributed by atoms with Crippen LogP contribution in [0.25, 0.3) is 11.0 Å². The Balaban J connectivity index is 0.00000132. The molecule has 0 spiro atoms. The third-order valence-corrected chi connectivity index (χ3v) is 4.62. The van der Waals surface area contributed by atoms with Crippen molar-refractivity contribution in [3.63, 3.8) is 0 Å². The molecule has 4 heterocycles. The Hall–Kier alpha value is -1.59. The minimum atomic E-state index is 0. The Morgan fingerprint density at radius 2 is 2.10 bits per heavy atom. The van der Waals surface area contributed by atoms with Gasteiger partial charge in [0.2, 0.25) is 5.91 Å². The van der Waals surface area contributed by atoms with E-state index in [-0.39, 0.29) is 18.3 Å². The van der Waals surface area contributed by atoms with Gasteiger partial charge in [-0.2, -0.15) is 0 Å². The molecule has 2 aromatic heterocycles. The number of halogens is 1. The third-order valence-electron chi connectivity index (χ3n) is 4.62. The zero-order valence-electron chi connectivity index (χ0n) is 11.7. The van der Waals surface area contributed by atoms with Gasteiger partial charge in [0.15, 0.2) is 0 Å². The molecular formula is C15H19ClN4O. The molecule has 0 aliphatic carbocycles. The minimum absolute atomic E-state index is 0. The summed E-state index contributed by atoms with van der Waals surface area (Å²) in [5.74, 6) is 1.55. The molecule has 2 atom stereocenters. The Labute approximate surface area is 129 Å². The summed E-state index contributed by atoms with van der Waals surface area (Å²) in [4.78, 5) is 21.9. The van der Waals surface area contributed by atoms with Gasteiger partial charge in [-0.15, -0.1) is 12.4 Å². The van der Waals surface area contributed by atoms with Gasteiger partial charge in [-0.25, -0.2) is 4.98 Å². The molecule has 2 aliphatic heterocycles. The number of aromatic amines is 1. The summed E-state index contributed by atoms with van der Waals surface area (Å²) in [6, 6.07) is 3.93. The summed E-state index contributed by atoms with van der Waals surface area (Å²) in [7, 11) is 0. The molecule has 2 aliphatic rings. The molecule has 0 aromatic carbocycles. The monoisotopic (exact) mass is 306 g/mol. The van der Waals surface area contributed by atoms with Crippen molar-refractivity contribution in [1.82, 2.24) is 20.2 Å². The van der Waals surface area contributed by atoms with E-state index < -0.39 is 0 Å². The van der Waals surface area contributed by atoms with Gasteiger partial charge >= 0.3 is 0 Å². The third kappa shape index (κ3) is 2.51. The van der Waals surface area contributed by atoms with Gasteiger partial charge in [0.1, 0.15) is 5.65 Å². The number of hydrogen-bond donors (Lipinski definition) is 2. The molecule has 0 radical (unpaired) electrons. The average Bonchev–Trinajstić information content (AvgIpc) is 3.12. The number of carbonyl (C=O) groups excluding carboxylic acids is 1. The maximum absolute atomic E-state index is 12.5. The summed E-state index contributed by atoms with van der Waals surface area (Å²) in [6.45, 7) is 3.95. The van der Waals surface area contributed by atoms with Crippen molar-refractivity contribution in [2.75, 3.05) is 26.2 Å². The number of pyridine rings is 1. The van der Waals surface area contributed by atoms with E-state index >= 15 is 0 Å². The standard InChI is InChI=1S/C15H18N4O.ClH/c20-14(19-8-11-5-16-6-12(11)9-19)4-10-7-18-15-13(10)2-1-3-17-15;/h1-3,7,11-12,16H,4-6,8-9H2,(H,17,18);1H/t11-,12+;. The van der Waals surface area contributed by atoms with Crippen molar-refractivity contribution in [1.29, 1.82) is 0 Å². The summed E-state index contributed by atoms with van der Waals surface area (Å²) in [6.07, 6.45) is 4.14. The molecule has 21 heavy (non-hydrogen) atoms. The fourth-order valence-electron chi connectivity index (χ4n) is 3.49. The number of rotatable bonds is 2. The van der Waals surface area contributed by atoms with E-state index in [1.807, 2.05) is 23.2 Å². The van der Waals surface area contributed by atoms with Gasteiger partial charge in [0.25, 0.3) is 0 Å². The molecular weight excluding hydrogens is 288 g/mol. The van der Waals surface area contributed by atoms with E-state index in [1.54, 1.807) is 6.20 Å². The molecule has 2 fully saturated rings. The number of H-pyrrole nitrogens is 1. The lowest BCUT2D eigenvalue weighted by Crippen LogP contribution is -2.32. The number of hydrogen-bond acceptors (Lipinski definition) is 3. The highest BCUT2D eigenvalue weighted by Gasteiger charge is 2.37. The van der Waals surface area contributed by atoms with Gasteiger partial charge in [-0.1, -0.05) is 0 Å². The molecule has 5 nitrogen and oxygen atoms in total. The van der Waals surface area contributed by atoms with E-state index in [4.69, 9.17) is 0 Å². The summed E-state index contributed by atoms with van der Waals surface area (Å²) < 4.78 is 0. The predicted octanol–water partition coefficient (Wildman–Crippen LogP) is 1.20. The van der Waals surface area contributed by atoms with Crippen LogP contribution in [0.2, 0.25) is 0 Å². The van der Waals surface area contributed by atoms with Crippen LogP contribution in [-0.4, -0.2) is 47.0 Å². The van der Waals surface area contributed by atoms with Gasteiger partial charge in [-0.3, -0.25) is 4.79 Å². The van der Waals surface area contributed by atoms with E-state index in [2.05, 4.69) is 15.3 Å². The van der Waals surface area contributed by atoms with Crippen molar-refractivity contribution in [2.24, 2.45) is 11.8 Å². The number of nitrogens with zero attached hydrogens (tertiary/aromatic N) is 2. The van der Waals surface area contributed by atoms with Crippen LogP contribution in [0, 0.1) is 11.8 Å². The van der Waals surface area contributed by atoms with E-state index in [1.165, 1.54) is 0 Å². The van der Waals surface area contributed by atoms with Crippen LogP contribution < -0.4 is 5.32 Å². The Kier molecular flexibility index (Phi) is 3.87. The lowest BCUT2D eigenvalue weighted by atomic mass is 10.0. The first kappa shape index (κ1) is 14.4. The second kappa shape index (κ2) is 5.66. The predicted molar refractivity (Wildman–Crippen MR) is 83.5 cm³/mol. The minimum Gasteiger partial charge on any atom is -0.346 e. The highest BCUT2D eigenvalue weighted by atomic mass is 35.5. The van der Waals surface area contributed by atoms with Crippen LogP contribution in [0.1, 0.15) is 5.56 Å². The first-order valence-corrected chi connectivity index (χ1v) is 7.21. The zero-order chi connectivity index (χ0) is 13.5.